The van der Waals surface area contributed by atoms with Crippen molar-refractivity contribution in [1.29, 1.82) is 0 Å². The molecule has 2 aromatic rings. The predicted octanol–water partition coefficient (Wildman–Crippen LogP) is 2.27. The van der Waals surface area contributed by atoms with Gasteiger partial charge in [0, 0.05) is 19.1 Å². The van der Waals surface area contributed by atoms with Crippen LogP contribution in [0.25, 0.3) is 0 Å². The van der Waals surface area contributed by atoms with Crippen LogP contribution in [0.2, 0.25) is 0 Å². The lowest BCUT2D eigenvalue weighted by atomic mass is 9.88. The first-order valence-corrected chi connectivity index (χ1v) is 7.82. The Kier molecular flexibility index (Phi) is 3.49. The third-order valence-electron chi connectivity index (χ3n) is 4.67. The van der Waals surface area contributed by atoms with Crippen molar-refractivity contribution in [3.05, 3.63) is 53.6 Å². The first-order valence-electron chi connectivity index (χ1n) is 7.82. The average molecular weight is 283 g/mol. The molecule has 21 heavy (non-hydrogen) atoms. The monoisotopic (exact) mass is 283 g/mol. The topological polar surface area (TPSA) is 39.1 Å². The highest BCUT2D eigenvalue weighted by Crippen LogP contribution is 2.31. The molecule has 110 valence electrons. The molecule has 2 aliphatic rings. The normalized spacial score (nSPS) is 25.5. The summed E-state index contributed by atoms with van der Waals surface area (Å²) in [6, 6.07) is 9.31. The van der Waals surface area contributed by atoms with Gasteiger partial charge in [0.25, 0.3) is 0 Å². The van der Waals surface area contributed by atoms with Crippen LogP contribution in [0.15, 0.2) is 36.8 Å². The molecule has 1 fully saturated rings. The molecule has 2 atom stereocenters. The van der Waals surface area contributed by atoms with Crippen molar-refractivity contribution in [2.45, 2.75) is 31.4 Å². The minimum atomic E-state index is 0.137. The highest BCUT2D eigenvalue weighted by molar-refractivity contribution is 5.30. The Morgan fingerprint density at radius 2 is 2.14 bits per heavy atom. The quantitative estimate of drug-likeness (QED) is 0.919. The molecule has 1 saturated heterocycles. The van der Waals surface area contributed by atoms with Crippen molar-refractivity contribution in [3.63, 3.8) is 0 Å². The molecule has 1 aromatic heterocycles. The number of benzene rings is 1. The van der Waals surface area contributed by atoms with Crippen LogP contribution in [-0.2, 0) is 17.6 Å². The van der Waals surface area contributed by atoms with Crippen LogP contribution in [-0.4, -0.2) is 29.2 Å². The lowest BCUT2D eigenvalue weighted by Gasteiger charge is -2.30. The van der Waals surface area contributed by atoms with Gasteiger partial charge in [0.15, 0.2) is 0 Å². The number of ether oxygens (including phenoxy) is 1. The van der Waals surface area contributed by atoms with Crippen molar-refractivity contribution < 1.29 is 4.74 Å². The average Bonchev–Trinajstić information content (AvgIpc) is 3.05. The van der Waals surface area contributed by atoms with Gasteiger partial charge in [-0.25, -0.2) is 4.98 Å². The van der Waals surface area contributed by atoms with E-state index in [1.165, 1.54) is 23.2 Å². The molecular formula is C17H21N3O. The van der Waals surface area contributed by atoms with Gasteiger partial charge < -0.3 is 14.6 Å². The predicted molar refractivity (Wildman–Crippen MR) is 81.3 cm³/mol. The van der Waals surface area contributed by atoms with Gasteiger partial charge in [-0.05, 0) is 30.4 Å². The summed E-state index contributed by atoms with van der Waals surface area (Å²) >= 11 is 0. The summed E-state index contributed by atoms with van der Waals surface area (Å²) in [6.45, 7) is 2.61. The molecule has 0 bridgehead atoms. The van der Waals surface area contributed by atoms with Crippen LogP contribution >= 0.6 is 0 Å². The van der Waals surface area contributed by atoms with Gasteiger partial charge in [0.1, 0.15) is 6.10 Å². The van der Waals surface area contributed by atoms with Crippen LogP contribution in [0.5, 0.6) is 0 Å². The standard InChI is InChI=1S/C17H21N3O/c1-2-4-14-9-15(6-5-13(14)3-1)20-12-19-10-16(20)17-11-18-7-8-21-17/h1-4,10,12,15,17-18H,5-9,11H2. The van der Waals surface area contributed by atoms with Gasteiger partial charge in [0.05, 0.1) is 24.8 Å². The van der Waals surface area contributed by atoms with Crippen LogP contribution in [0.4, 0.5) is 0 Å². The smallest absolute Gasteiger partial charge is 0.111 e. The van der Waals surface area contributed by atoms with Crippen LogP contribution in [0.3, 0.4) is 0 Å². The maximum absolute atomic E-state index is 5.90. The Labute approximate surface area is 125 Å². The van der Waals surface area contributed by atoms with E-state index >= 15 is 0 Å². The molecule has 0 spiro atoms. The summed E-state index contributed by atoms with van der Waals surface area (Å²) < 4.78 is 8.24. The van der Waals surface area contributed by atoms with E-state index in [1.807, 2.05) is 12.5 Å². The summed E-state index contributed by atoms with van der Waals surface area (Å²) in [5.74, 6) is 0. The number of hydrogen-bond acceptors (Lipinski definition) is 3. The molecule has 2 heterocycles. The summed E-state index contributed by atoms with van der Waals surface area (Å²) in [5, 5.41) is 3.40. The first-order chi connectivity index (χ1) is 10.4. The van der Waals surface area contributed by atoms with Gasteiger partial charge >= 0.3 is 0 Å². The highest BCUT2D eigenvalue weighted by Gasteiger charge is 2.25. The second-order valence-corrected chi connectivity index (χ2v) is 5.95. The molecule has 4 nitrogen and oxygen atoms in total. The van der Waals surface area contributed by atoms with E-state index < -0.39 is 0 Å². The number of rotatable bonds is 2. The minimum Gasteiger partial charge on any atom is -0.369 e. The van der Waals surface area contributed by atoms with Crippen molar-refractivity contribution >= 4 is 0 Å². The SMILES string of the molecule is c1ccc2c(c1)CCC(n1cncc1C1CNCCO1)C2. The number of morpholine rings is 1. The summed E-state index contributed by atoms with van der Waals surface area (Å²) in [4.78, 5) is 4.38. The minimum absolute atomic E-state index is 0.137. The molecular weight excluding hydrogens is 262 g/mol. The van der Waals surface area contributed by atoms with Crippen molar-refractivity contribution in [1.82, 2.24) is 14.9 Å². The molecule has 1 N–H and O–H groups in total. The van der Waals surface area contributed by atoms with Gasteiger partial charge in [-0.1, -0.05) is 24.3 Å². The number of hydrogen-bond donors (Lipinski definition) is 1. The third kappa shape index (κ3) is 2.49. The number of aryl methyl sites for hydroxylation is 1. The summed E-state index contributed by atoms with van der Waals surface area (Å²) in [5.41, 5.74) is 4.20. The fourth-order valence-corrected chi connectivity index (χ4v) is 3.54. The Balaban J connectivity index is 1.59. The van der Waals surface area contributed by atoms with E-state index in [0.717, 1.165) is 32.5 Å². The Hall–Kier alpha value is -1.65. The second kappa shape index (κ2) is 5.62. The van der Waals surface area contributed by atoms with Crippen LogP contribution in [0, 0.1) is 0 Å². The maximum Gasteiger partial charge on any atom is 0.111 e. The zero-order chi connectivity index (χ0) is 14.1. The fourth-order valence-electron chi connectivity index (χ4n) is 3.54. The molecule has 0 radical (unpaired) electrons. The van der Waals surface area contributed by atoms with E-state index in [0.29, 0.717) is 6.04 Å². The molecule has 0 amide bonds. The van der Waals surface area contributed by atoms with E-state index in [1.54, 1.807) is 0 Å². The van der Waals surface area contributed by atoms with Crippen molar-refractivity contribution in [2.75, 3.05) is 19.7 Å². The second-order valence-electron chi connectivity index (χ2n) is 5.95. The van der Waals surface area contributed by atoms with Gasteiger partial charge in [-0.15, -0.1) is 0 Å². The largest absolute Gasteiger partial charge is 0.369 e. The molecule has 0 saturated carbocycles. The Bertz CT molecular complexity index is 616. The molecule has 4 heteroatoms. The van der Waals surface area contributed by atoms with Gasteiger partial charge in [-0.3, -0.25) is 0 Å². The lowest BCUT2D eigenvalue weighted by molar-refractivity contribution is 0.0217. The van der Waals surface area contributed by atoms with Gasteiger partial charge in [-0.2, -0.15) is 0 Å². The molecule has 1 aromatic carbocycles. The molecule has 1 aliphatic heterocycles. The summed E-state index contributed by atoms with van der Waals surface area (Å²) in [7, 11) is 0. The first kappa shape index (κ1) is 13.0. The Morgan fingerprint density at radius 1 is 1.24 bits per heavy atom. The molecule has 1 aliphatic carbocycles. The number of nitrogens with zero attached hydrogens (tertiary/aromatic N) is 2. The number of imidazole rings is 1. The van der Waals surface area contributed by atoms with Crippen LogP contribution < -0.4 is 5.32 Å². The number of aromatic nitrogens is 2. The van der Waals surface area contributed by atoms with Crippen molar-refractivity contribution in [3.8, 4) is 0 Å². The Morgan fingerprint density at radius 3 is 3.00 bits per heavy atom. The molecule has 2 unspecified atom stereocenters. The molecule has 4 rings (SSSR count). The number of fused-ring (bicyclic) bond motifs is 1. The van der Waals surface area contributed by atoms with E-state index in [9.17, 15) is 0 Å². The van der Waals surface area contributed by atoms with Gasteiger partial charge in [0.2, 0.25) is 0 Å². The zero-order valence-corrected chi connectivity index (χ0v) is 12.2. The van der Waals surface area contributed by atoms with Crippen LogP contribution in [0.1, 0.15) is 35.4 Å². The summed E-state index contributed by atoms with van der Waals surface area (Å²) in [6.07, 6.45) is 7.52. The highest BCUT2D eigenvalue weighted by atomic mass is 16.5. The van der Waals surface area contributed by atoms with Crippen molar-refractivity contribution in [2.24, 2.45) is 0 Å². The zero-order valence-electron chi connectivity index (χ0n) is 12.2. The lowest BCUT2D eigenvalue weighted by Crippen LogP contribution is -2.35. The van der Waals surface area contributed by atoms with E-state index in [4.69, 9.17) is 4.74 Å². The third-order valence-corrected chi connectivity index (χ3v) is 4.67. The van der Waals surface area contributed by atoms with E-state index in [2.05, 4.69) is 39.1 Å². The van der Waals surface area contributed by atoms with E-state index in [-0.39, 0.29) is 6.10 Å². The fraction of sp³-hybridized carbons (Fsp3) is 0.471. The number of nitrogens with one attached hydrogen (secondary N) is 1. The maximum atomic E-state index is 5.90.